The third-order valence-electron chi connectivity index (χ3n) is 4.01. The van der Waals surface area contributed by atoms with Crippen molar-refractivity contribution in [2.45, 2.75) is 67.2 Å². The number of hydrogen-bond acceptors (Lipinski definition) is 4. The van der Waals surface area contributed by atoms with Crippen LogP contribution in [0.1, 0.15) is 48.0 Å². The number of rotatable bonds is 8. The Labute approximate surface area is 179 Å². The maximum Gasteiger partial charge on any atom is 0.135 e. The molecule has 2 aromatic carbocycles. The fourth-order valence-corrected chi connectivity index (χ4v) is 4.87. The van der Waals surface area contributed by atoms with E-state index in [4.69, 9.17) is 9.47 Å². The van der Waals surface area contributed by atoms with Gasteiger partial charge >= 0.3 is 0 Å². The summed E-state index contributed by atoms with van der Waals surface area (Å²) in [5, 5.41) is 0. The van der Waals surface area contributed by atoms with Gasteiger partial charge in [0.15, 0.2) is 0 Å². The summed E-state index contributed by atoms with van der Waals surface area (Å²) in [7, 11) is -2.31. The van der Waals surface area contributed by atoms with E-state index in [1.165, 1.54) is 0 Å². The van der Waals surface area contributed by atoms with Gasteiger partial charge in [-0.2, -0.15) is 0 Å². The summed E-state index contributed by atoms with van der Waals surface area (Å²) in [5.41, 5.74) is 0. The molecular formula is C23H32O4S2. The van der Waals surface area contributed by atoms with E-state index in [2.05, 4.69) is 0 Å². The maximum atomic E-state index is 12.7. The Morgan fingerprint density at radius 1 is 0.655 bits per heavy atom. The van der Waals surface area contributed by atoms with E-state index < -0.39 is 21.6 Å². The van der Waals surface area contributed by atoms with Crippen molar-refractivity contribution in [3.8, 4) is 11.5 Å². The Hall–Kier alpha value is -1.66. The van der Waals surface area contributed by atoms with Crippen molar-refractivity contribution in [3.05, 3.63) is 48.5 Å². The number of ether oxygens (including phenoxy) is 2. The second-order valence-corrected chi connectivity index (χ2v) is 13.1. The summed E-state index contributed by atoms with van der Waals surface area (Å²) in [6.45, 7) is 12.6. The van der Waals surface area contributed by atoms with Crippen molar-refractivity contribution >= 4 is 21.6 Å². The van der Waals surface area contributed by atoms with Crippen LogP contribution in [0.4, 0.5) is 0 Å². The topological polar surface area (TPSA) is 52.6 Å². The van der Waals surface area contributed by atoms with Gasteiger partial charge in [-0.3, -0.25) is 8.42 Å². The molecule has 0 N–H and O–H groups in total. The van der Waals surface area contributed by atoms with Crippen LogP contribution in [0.15, 0.2) is 58.3 Å². The second kappa shape index (κ2) is 9.90. The summed E-state index contributed by atoms with van der Waals surface area (Å²) >= 11 is 0. The van der Waals surface area contributed by atoms with Gasteiger partial charge < -0.3 is 9.47 Å². The number of benzene rings is 2. The van der Waals surface area contributed by atoms with Crippen LogP contribution in [0.25, 0.3) is 0 Å². The average Bonchev–Trinajstić information content (AvgIpc) is 2.66. The van der Waals surface area contributed by atoms with Crippen LogP contribution >= 0.6 is 0 Å². The summed E-state index contributed by atoms with van der Waals surface area (Å²) in [6.07, 6.45) is 0.660. The molecule has 0 aliphatic carbocycles. The first-order valence-corrected chi connectivity index (χ1v) is 12.1. The smallest absolute Gasteiger partial charge is 0.135 e. The van der Waals surface area contributed by atoms with E-state index in [9.17, 15) is 8.42 Å². The summed E-state index contributed by atoms with van der Waals surface area (Å²) in [4.78, 5) is 1.43. The molecule has 29 heavy (non-hydrogen) atoms. The molecule has 0 radical (unpaired) electrons. The fraction of sp³-hybridized carbons (Fsp3) is 0.478. The van der Waals surface area contributed by atoms with E-state index in [0.717, 1.165) is 0 Å². The molecule has 0 aliphatic rings. The average molecular weight is 437 g/mol. The molecule has 4 nitrogen and oxygen atoms in total. The molecule has 160 valence electrons. The van der Waals surface area contributed by atoms with E-state index in [1.54, 1.807) is 0 Å². The van der Waals surface area contributed by atoms with Crippen LogP contribution in [-0.2, 0) is 21.6 Å². The van der Waals surface area contributed by atoms with Crippen LogP contribution in [0.5, 0.6) is 11.5 Å². The van der Waals surface area contributed by atoms with E-state index in [-0.39, 0.29) is 9.49 Å². The third kappa shape index (κ3) is 6.68. The zero-order chi connectivity index (χ0) is 21.7. The van der Waals surface area contributed by atoms with Gasteiger partial charge in [-0.25, -0.2) is 0 Å². The highest BCUT2D eigenvalue weighted by atomic mass is 32.2. The zero-order valence-corrected chi connectivity index (χ0v) is 19.8. The quantitative estimate of drug-likeness (QED) is 0.524. The highest BCUT2D eigenvalue weighted by Crippen LogP contribution is 2.30. The first-order valence-electron chi connectivity index (χ1n) is 9.79. The van der Waals surface area contributed by atoms with Crippen LogP contribution in [-0.4, -0.2) is 31.1 Å². The van der Waals surface area contributed by atoms with Crippen LogP contribution in [0.3, 0.4) is 0 Å². The molecule has 0 heterocycles. The molecule has 0 fully saturated rings. The van der Waals surface area contributed by atoms with Crippen LogP contribution < -0.4 is 9.47 Å². The normalized spacial score (nSPS) is 14.3. The third-order valence-corrected chi connectivity index (χ3v) is 7.71. The van der Waals surface area contributed by atoms with Gasteiger partial charge in [0.25, 0.3) is 0 Å². The molecule has 0 aliphatic heterocycles. The highest BCUT2D eigenvalue weighted by molar-refractivity contribution is 7.86. The maximum absolute atomic E-state index is 12.7. The second-order valence-electron chi connectivity index (χ2n) is 8.71. The molecule has 2 aromatic rings. The van der Waals surface area contributed by atoms with Crippen LogP contribution in [0, 0.1) is 0 Å². The van der Waals surface area contributed by atoms with Crippen molar-refractivity contribution in [2.24, 2.45) is 0 Å². The van der Waals surface area contributed by atoms with Gasteiger partial charge in [-0.05, 0) is 65.8 Å². The molecule has 6 heteroatoms. The first-order chi connectivity index (χ1) is 13.5. The Morgan fingerprint density at radius 2 is 1.00 bits per heavy atom. The Bertz CT molecular complexity index is 792. The molecule has 0 bridgehead atoms. The predicted molar refractivity (Wildman–Crippen MR) is 121 cm³/mol. The Balaban J connectivity index is 1.94. The Morgan fingerprint density at radius 3 is 1.34 bits per heavy atom. The van der Waals surface area contributed by atoms with E-state index in [1.807, 2.05) is 90.1 Å². The van der Waals surface area contributed by atoms with Crippen molar-refractivity contribution in [1.82, 2.24) is 0 Å². The lowest BCUT2D eigenvalue weighted by molar-refractivity contribution is 0.241. The van der Waals surface area contributed by atoms with Gasteiger partial charge in [0, 0.05) is 15.9 Å². The standard InChI is InChI=1S/C23H32O4S2/c1-22(2,3)28(24)20-14-9-7-12-18(20)26-16-11-17-27-19-13-8-10-15-21(19)29(25)23(4,5)6/h7-10,12-15H,11,16-17H2,1-6H3/t28-,29-/m0/s1. The van der Waals surface area contributed by atoms with Crippen LogP contribution in [0.2, 0.25) is 0 Å². The molecule has 0 unspecified atom stereocenters. The number of hydrogen-bond donors (Lipinski definition) is 0. The summed E-state index contributed by atoms with van der Waals surface area (Å²) in [6, 6.07) is 14.9. The van der Waals surface area contributed by atoms with Gasteiger partial charge in [0.05, 0.1) is 44.6 Å². The molecule has 2 atom stereocenters. The summed E-state index contributed by atoms with van der Waals surface area (Å²) in [5.74, 6) is 1.30. The monoisotopic (exact) mass is 436 g/mol. The van der Waals surface area contributed by atoms with Crippen molar-refractivity contribution in [1.29, 1.82) is 0 Å². The van der Waals surface area contributed by atoms with Crippen molar-refractivity contribution in [3.63, 3.8) is 0 Å². The van der Waals surface area contributed by atoms with Gasteiger partial charge in [0.1, 0.15) is 11.5 Å². The SMILES string of the molecule is CC(C)(C)[S@@](=O)c1ccccc1OCCCOc1ccccc1[S@](=O)C(C)(C)C. The van der Waals surface area contributed by atoms with Gasteiger partial charge in [-0.15, -0.1) is 0 Å². The molecule has 2 rings (SSSR count). The predicted octanol–water partition coefficient (Wildman–Crippen LogP) is 5.35. The minimum absolute atomic E-state index is 0.352. The minimum Gasteiger partial charge on any atom is -0.492 e. The van der Waals surface area contributed by atoms with Crippen molar-refractivity contribution in [2.75, 3.05) is 13.2 Å². The minimum atomic E-state index is -1.16. The molecule has 0 saturated heterocycles. The molecule has 0 aromatic heterocycles. The first kappa shape index (κ1) is 23.6. The molecule has 0 spiro atoms. The lowest BCUT2D eigenvalue weighted by Gasteiger charge is -2.20. The lowest BCUT2D eigenvalue weighted by Crippen LogP contribution is -2.22. The van der Waals surface area contributed by atoms with E-state index in [0.29, 0.717) is 40.9 Å². The largest absolute Gasteiger partial charge is 0.492 e. The zero-order valence-electron chi connectivity index (χ0n) is 18.2. The highest BCUT2D eigenvalue weighted by Gasteiger charge is 2.25. The lowest BCUT2D eigenvalue weighted by atomic mass is 10.3. The molecular weight excluding hydrogens is 404 g/mol. The van der Waals surface area contributed by atoms with Gasteiger partial charge in [0.2, 0.25) is 0 Å². The van der Waals surface area contributed by atoms with Crippen molar-refractivity contribution < 1.29 is 17.9 Å². The number of para-hydroxylation sites is 2. The molecule has 0 amide bonds. The van der Waals surface area contributed by atoms with Gasteiger partial charge in [-0.1, -0.05) is 24.3 Å². The molecule has 0 saturated carbocycles. The fourth-order valence-electron chi connectivity index (χ4n) is 2.53. The van der Waals surface area contributed by atoms with E-state index >= 15 is 0 Å². The Kier molecular flexibility index (Phi) is 8.06. The summed E-state index contributed by atoms with van der Waals surface area (Å²) < 4.78 is 36.5.